The molecule has 0 aliphatic rings. The van der Waals surface area contributed by atoms with Crippen LogP contribution in [0.3, 0.4) is 0 Å². The van der Waals surface area contributed by atoms with Gasteiger partial charge in [-0.05, 0) is 29.1 Å². The molecule has 2 aromatic rings. The third-order valence-corrected chi connectivity index (χ3v) is 3.79. The Morgan fingerprint density at radius 2 is 2.00 bits per heavy atom. The fraction of sp³-hybridized carbons (Fsp3) is 0.200. The van der Waals surface area contributed by atoms with Gasteiger partial charge in [0.15, 0.2) is 5.78 Å². The van der Waals surface area contributed by atoms with Gasteiger partial charge in [-0.25, -0.2) is 0 Å². The molecule has 1 heterocycles. The highest BCUT2D eigenvalue weighted by molar-refractivity contribution is 7.12. The van der Waals surface area contributed by atoms with Crippen LogP contribution in [0.4, 0.5) is 0 Å². The highest BCUT2D eigenvalue weighted by Gasteiger charge is 2.11. The minimum absolute atomic E-state index is 0.0281. The molecule has 0 atom stereocenters. The molecule has 1 aromatic heterocycles. The average molecular weight is 309 g/mol. The zero-order valence-corrected chi connectivity index (χ0v) is 12.2. The van der Waals surface area contributed by atoms with Crippen LogP contribution >= 0.6 is 22.9 Å². The maximum Gasteiger partial charge on any atom is 0.306 e. The fourth-order valence-electron chi connectivity index (χ4n) is 1.64. The van der Waals surface area contributed by atoms with Crippen LogP contribution in [0.5, 0.6) is 0 Å². The van der Waals surface area contributed by atoms with Gasteiger partial charge in [-0.3, -0.25) is 9.59 Å². The van der Waals surface area contributed by atoms with Crippen LogP contribution in [0.2, 0.25) is 5.02 Å². The predicted molar refractivity (Wildman–Crippen MR) is 79.1 cm³/mol. The first-order chi connectivity index (χ1) is 9.65. The molecule has 20 heavy (non-hydrogen) atoms. The molecule has 104 valence electrons. The van der Waals surface area contributed by atoms with E-state index < -0.39 is 0 Å². The maximum atomic E-state index is 11.7. The number of carbonyl (C=O) groups excluding carboxylic acids is 2. The second-order valence-corrected chi connectivity index (χ2v) is 5.58. The largest absolute Gasteiger partial charge is 0.461 e. The highest BCUT2D eigenvalue weighted by Crippen LogP contribution is 2.14. The van der Waals surface area contributed by atoms with E-state index in [1.54, 1.807) is 24.3 Å². The van der Waals surface area contributed by atoms with Gasteiger partial charge in [0.2, 0.25) is 0 Å². The molecule has 0 amide bonds. The van der Waals surface area contributed by atoms with Crippen molar-refractivity contribution in [2.24, 2.45) is 0 Å². The van der Waals surface area contributed by atoms with E-state index in [2.05, 4.69) is 0 Å². The SMILES string of the molecule is O=C(CCC(=O)c1cccs1)OCc1cccc(Cl)c1. The van der Waals surface area contributed by atoms with Crippen LogP contribution in [0, 0.1) is 0 Å². The number of ketones is 1. The lowest BCUT2D eigenvalue weighted by Gasteiger charge is -2.04. The highest BCUT2D eigenvalue weighted by atomic mass is 35.5. The van der Waals surface area contributed by atoms with Crippen molar-refractivity contribution in [2.45, 2.75) is 19.4 Å². The Morgan fingerprint density at radius 1 is 1.15 bits per heavy atom. The van der Waals surface area contributed by atoms with Crippen molar-refractivity contribution in [3.63, 3.8) is 0 Å². The molecular weight excluding hydrogens is 296 g/mol. The summed E-state index contributed by atoms with van der Waals surface area (Å²) in [4.78, 5) is 24.0. The topological polar surface area (TPSA) is 43.4 Å². The van der Waals surface area contributed by atoms with Crippen molar-refractivity contribution in [3.8, 4) is 0 Å². The van der Waals surface area contributed by atoms with E-state index in [4.69, 9.17) is 16.3 Å². The summed E-state index contributed by atoms with van der Waals surface area (Å²) in [7, 11) is 0. The normalized spacial score (nSPS) is 10.2. The van der Waals surface area contributed by atoms with Crippen LogP contribution in [-0.4, -0.2) is 11.8 Å². The number of carbonyl (C=O) groups is 2. The molecule has 0 bridgehead atoms. The summed E-state index contributed by atoms with van der Waals surface area (Å²) in [6.45, 7) is 0.173. The van der Waals surface area contributed by atoms with E-state index in [0.29, 0.717) is 9.90 Å². The summed E-state index contributed by atoms with van der Waals surface area (Å²) in [5.41, 5.74) is 0.829. The summed E-state index contributed by atoms with van der Waals surface area (Å²) in [6, 6.07) is 10.7. The van der Waals surface area contributed by atoms with Gasteiger partial charge in [-0.1, -0.05) is 29.8 Å². The Kier molecular flexibility index (Phi) is 5.32. The number of ether oxygens (including phenoxy) is 1. The maximum absolute atomic E-state index is 11.7. The summed E-state index contributed by atoms with van der Waals surface area (Å²) in [5, 5.41) is 2.44. The summed E-state index contributed by atoms with van der Waals surface area (Å²) in [5.74, 6) is -0.408. The Labute approximate surface area is 126 Å². The number of esters is 1. The van der Waals surface area contributed by atoms with E-state index in [9.17, 15) is 9.59 Å². The van der Waals surface area contributed by atoms with Crippen molar-refractivity contribution in [1.29, 1.82) is 0 Å². The minimum atomic E-state index is -0.380. The monoisotopic (exact) mass is 308 g/mol. The zero-order valence-electron chi connectivity index (χ0n) is 10.7. The van der Waals surface area contributed by atoms with Crippen LogP contribution < -0.4 is 0 Å². The molecule has 0 unspecified atom stereocenters. The molecule has 0 saturated carbocycles. The number of benzene rings is 1. The lowest BCUT2D eigenvalue weighted by Crippen LogP contribution is -2.07. The van der Waals surface area contributed by atoms with Gasteiger partial charge in [0.05, 0.1) is 11.3 Å². The number of hydrogen-bond donors (Lipinski definition) is 0. The molecule has 1 aromatic carbocycles. The van der Waals surface area contributed by atoms with Gasteiger partial charge in [0, 0.05) is 11.4 Å². The molecule has 0 aliphatic heterocycles. The molecule has 0 radical (unpaired) electrons. The Hall–Kier alpha value is -1.65. The second kappa shape index (κ2) is 7.22. The Bertz CT molecular complexity index is 593. The van der Waals surface area contributed by atoms with Gasteiger partial charge < -0.3 is 4.74 Å². The molecule has 3 nitrogen and oxygen atoms in total. The van der Waals surface area contributed by atoms with Crippen LogP contribution in [-0.2, 0) is 16.1 Å². The van der Waals surface area contributed by atoms with E-state index >= 15 is 0 Å². The van der Waals surface area contributed by atoms with E-state index in [1.807, 2.05) is 17.5 Å². The first-order valence-corrected chi connectivity index (χ1v) is 7.37. The van der Waals surface area contributed by atoms with Crippen molar-refractivity contribution < 1.29 is 14.3 Å². The number of rotatable bonds is 6. The van der Waals surface area contributed by atoms with E-state index in [-0.39, 0.29) is 31.2 Å². The number of halogens is 1. The van der Waals surface area contributed by atoms with Crippen molar-refractivity contribution in [3.05, 3.63) is 57.2 Å². The number of thiophene rings is 1. The Morgan fingerprint density at radius 3 is 2.70 bits per heavy atom. The Balaban J connectivity index is 1.74. The molecule has 0 fully saturated rings. The molecule has 0 aliphatic carbocycles. The van der Waals surface area contributed by atoms with E-state index in [0.717, 1.165) is 5.56 Å². The average Bonchev–Trinajstić information content (AvgIpc) is 2.97. The minimum Gasteiger partial charge on any atom is -0.461 e. The van der Waals surface area contributed by atoms with Gasteiger partial charge in [-0.15, -0.1) is 11.3 Å². The molecule has 5 heteroatoms. The van der Waals surface area contributed by atoms with Crippen molar-refractivity contribution in [2.75, 3.05) is 0 Å². The van der Waals surface area contributed by atoms with E-state index in [1.165, 1.54) is 11.3 Å². The molecular formula is C15H13ClO3S. The third kappa shape index (κ3) is 4.47. The summed E-state index contributed by atoms with van der Waals surface area (Å²) >= 11 is 7.21. The zero-order chi connectivity index (χ0) is 14.4. The summed E-state index contributed by atoms with van der Waals surface area (Å²) in [6.07, 6.45) is 0.270. The predicted octanol–water partition coefficient (Wildman–Crippen LogP) is 4.11. The van der Waals surface area contributed by atoms with Crippen LogP contribution in [0.1, 0.15) is 28.1 Å². The van der Waals surface area contributed by atoms with Gasteiger partial charge >= 0.3 is 5.97 Å². The van der Waals surface area contributed by atoms with Crippen LogP contribution in [0.25, 0.3) is 0 Å². The van der Waals surface area contributed by atoms with Gasteiger partial charge in [-0.2, -0.15) is 0 Å². The molecule has 2 rings (SSSR count). The molecule has 0 saturated heterocycles. The molecule has 0 N–H and O–H groups in total. The van der Waals surface area contributed by atoms with Crippen molar-refractivity contribution in [1.82, 2.24) is 0 Å². The molecule has 0 spiro atoms. The first kappa shape index (κ1) is 14.8. The quantitative estimate of drug-likeness (QED) is 0.596. The third-order valence-electron chi connectivity index (χ3n) is 2.64. The second-order valence-electron chi connectivity index (χ2n) is 4.19. The standard InChI is InChI=1S/C15H13ClO3S/c16-12-4-1-3-11(9-12)10-19-15(18)7-6-13(17)14-5-2-8-20-14/h1-5,8-9H,6-7,10H2. The van der Waals surface area contributed by atoms with Gasteiger partial charge in [0.1, 0.15) is 6.61 Å². The van der Waals surface area contributed by atoms with Gasteiger partial charge in [0.25, 0.3) is 0 Å². The first-order valence-electron chi connectivity index (χ1n) is 6.12. The van der Waals surface area contributed by atoms with Crippen LogP contribution in [0.15, 0.2) is 41.8 Å². The number of Topliss-reactive ketones (excluding diaryl/α,β-unsaturated/α-hetero) is 1. The summed E-state index contributed by atoms with van der Waals surface area (Å²) < 4.78 is 5.10. The lowest BCUT2D eigenvalue weighted by atomic mass is 10.2. The fourth-order valence-corrected chi connectivity index (χ4v) is 2.55. The lowest BCUT2D eigenvalue weighted by molar-refractivity contribution is -0.144. The number of hydrogen-bond acceptors (Lipinski definition) is 4. The van der Waals surface area contributed by atoms with Crippen molar-refractivity contribution >= 4 is 34.7 Å². The smallest absolute Gasteiger partial charge is 0.306 e.